The molecule has 16 heteroatoms. The molecule has 0 aromatic heterocycles. The molecule has 0 unspecified atom stereocenters. The van der Waals surface area contributed by atoms with E-state index in [1.165, 1.54) is 48.5 Å². The van der Waals surface area contributed by atoms with Crippen LogP contribution in [0.2, 0.25) is 0 Å². The number of nitrogens with one attached hydrogen (secondary N) is 4. The Labute approximate surface area is 248 Å². The maximum Gasteiger partial charge on any atom is 0.471 e. The zero-order valence-electron chi connectivity index (χ0n) is 23.7. The number of amides is 4. The number of anilines is 2. The average Bonchev–Trinajstić information content (AvgIpc) is 2.96. The van der Waals surface area contributed by atoms with E-state index in [2.05, 4.69) is 21.1 Å². The molecule has 0 heterocycles. The molecular formula is C28H30F6N6O4. The normalized spacial score (nSPS) is 12.4. The van der Waals surface area contributed by atoms with E-state index in [4.69, 9.17) is 0 Å². The number of rotatable bonds is 13. The molecule has 0 saturated carbocycles. The number of nitrogens with zero attached hydrogens (tertiary/aromatic N) is 2. The number of carbonyl (C=O) groups is 4. The number of hydrazone groups is 2. The summed E-state index contributed by atoms with van der Waals surface area (Å²) in [5, 5.41) is 11.4. The molecule has 0 saturated heterocycles. The lowest BCUT2D eigenvalue weighted by molar-refractivity contribution is -0.167. The molecule has 0 atom stereocenters. The molecule has 0 aliphatic heterocycles. The predicted molar refractivity (Wildman–Crippen MR) is 151 cm³/mol. The third-order valence-electron chi connectivity index (χ3n) is 5.89. The molecule has 2 aromatic carbocycles. The van der Waals surface area contributed by atoms with Gasteiger partial charge in [-0.2, -0.15) is 36.5 Å². The van der Waals surface area contributed by atoms with E-state index in [1.807, 2.05) is 0 Å². The quantitative estimate of drug-likeness (QED) is 0.102. The first-order valence-corrected chi connectivity index (χ1v) is 13.2. The van der Waals surface area contributed by atoms with Crippen molar-refractivity contribution in [3.8, 4) is 0 Å². The summed E-state index contributed by atoms with van der Waals surface area (Å²) in [6, 6.07) is 10.9. The molecule has 10 nitrogen and oxygen atoms in total. The van der Waals surface area contributed by atoms with Gasteiger partial charge in [0, 0.05) is 24.2 Å². The zero-order chi connectivity index (χ0) is 32.9. The lowest BCUT2D eigenvalue weighted by atomic mass is 10.1. The standard InChI is InChI=1S/C28H30F6N6O4/c1-17(19-9-13-21(14-10-19)35-25(43)27(29,30)31)37-39-23(41)7-5-3-4-6-8-24(42)40-38-18(2)20-11-15-22(16-12-20)36-26(44)28(32,33)34/h9-16H,3-8H2,1-2H3,(H,35,43)(H,36,44)(H,39,41)(H,40,42). The van der Waals surface area contributed by atoms with E-state index in [0.29, 0.717) is 48.2 Å². The van der Waals surface area contributed by atoms with Crippen molar-refractivity contribution < 1.29 is 45.5 Å². The minimum Gasteiger partial charge on any atom is -0.318 e. The summed E-state index contributed by atoms with van der Waals surface area (Å²) >= 11 is 0. The van der Waals surface area contributed by atoms with Crippen LogP contribution in [-0.4, -0.2) is 47.4 Å². The number of hydrogen-bond donors (Lipinski definition) is 4. The fourth-order valence-corrected chi connectivity index (χ4v) is 3.45. The van der Waals surface area contributed by atoms with E-state index < -0.39 is 24.2 Å². The van der Waals surface area contributed by atoms with Crippen molar-refractivity contribution in [1.29, 1.82) is 0 Å². The van der Waals surface area contributed by atoms with Gasteiger partial charge in [0.05, 0.1) is 11.4 Å². The van der Waals surface area contributed by atoms with Crippen LogP contribution in [0, 0.1) is 0 Å². The van der Waals surface area contributed by atoms with Crippen LogP contribution in [-0.2, 0) is 19.2 Å². The second kappa shape index (κ2) is 16.2. The van der Waals surface area contributed by atoms with Crippen molar-refractivity contribution in [3.05, 3.63) is 59.7 Å². The van der Waals surface area contributed by atoms with Gasteiger partial charge in [-0.15, -0.1) is 0 Å². The first-order valence-electron chi connectivity index (χ1n) is 13.2. The number of benzene rings is 2. The first-order chi connectivity index (χ1) is 20.6. The van der Waals surface area contributed by atoms with E-state index in [-0.39, 0.29) is 36.0 Å². The van der Waals surface area contributed by atoms with Gasteiger partial charge in [0.15, 0.2) is 0 Å². The molecule has 4 amide bonds. The van der Waals surface area contributed by atoms with E-state index in [1.54, 1.807) is 24.5 Å². The minimum atomic E-state index is -5.00. The van der Waals surface area contributed by atoms with Crippen molar-refractivity contribution in [2.24, 2.45) is 10.2 Å². The fourth-order valence-electron chi connectivity index (χ4n) is 3.45. The van der Waals surface area contributed by atoms with Crippen LogP contribution in [0.15, 0.2) is 58.7 Å². The molecule has 238 valence electrons. The van der Waals surface area contributed by atoms with Gasteiger partial charge in [-0.3, -0.25) is 19.2 Å². The van der Waals surface area contributed by atoms with Gasteiger partial charge in [0.2, 0.25) is 11.8 Å². The molecule has 0 fully saturated rings. The highest BCUT2D eigenvalue weighted by molar-refractivity contribution is 6.01. The average molecular weight is 629 g/mol. The van der Waals surface area contributed by atoms with Crippen molar-refractivity contribution in [1.82, 2.24) is 10.9 Å². The Morgan fingerprint density at radius 3 is 1.18 bits per heavy atom. The lowest BCUT2D eigenvalue weighted by Gasteiger charge is -2.09. The molecule has 0 radical (unpaired) electrons. The van der Waals surface area contributed by atoms with Crippen LogP contribution >= 0.6 is 0 Å². The second-order valence-corrected chi connectivity index (χ2v) is 9.44. The highest BCUT2D eigenvalue weighted by Crippen LogP contribution is 2.20. The molecule has 0 bridgehead atoms. The number of unbranched alkanes of at least 4 members (excludes halogenated alkanes) is 3. The predicted octanol–water partition coefficient (Wildman–Crippen LogP) is 5.41. The van der Waals surface area contributed by atoms with Gasteiger partial charge < -0.3 is 10.6 Å². The second-order valence-electron chi connectivity index (χ2n) is 9.44. The van der Waals surface area contributed by atoms with Gasteiger partial charge in [0.1, 0.15) is 0 Å². The van der Waals surface area contributed by atoms with Crippen molar-refractivity contribution in [2.75, 3.05) is 10.6 Å². The number of hydrogen-bond acceptors (Lipinski definition) is 6. The van der Waals surface area contributed by atoms with Crippen LogP contribution in [0.5, 0.6) is 0 Å². The largest absolute Gasteiger partial charge is 0.471 e. The molecule has 2 rings (SSSR count). The Balaban J connectivity index is 1.64. The third kappa shape index (κ3) is 12.6. The smallest absolute Gasteiger partial charge is 0.318 e. The summed E-state index contributed by atoms with van der Waals surface area (Å²) in [5.41, 5.74) is 6.59. The van der Waals surface area contributed by atoms with Gasteiger partial charge >= 0.3 is 24.2 Å². The topological polar surface area (TPSA) is 141 Å². The van der Waals surface area contributed by atoms with Crippen molar-refractivity contribution in [3.63, 3.8) is 0 Å². The highest BCUT2D eigenvalue weighted by Gasteiger charge is 2.39. The Morgan fingerprint density at radius 1 is 0.568 bits per heavy atom. The monoisotopic (exact) mass is 628 g/mol. The van der Waals surface area contributed by atoms with Crippen LogP contribution < -0.4 is 21.5 Å². The van der Waals surface area contributed by atoms with E-state index >= 15 is 0 Å². The number of carbonyl (C=O) groups excluding carboxylic acids is 4. The van der Waals surface area contributed by atoms with Gasteiger partial charge in [-0.05, 0) is 62.1 Å². The molecule has 2 aromatic rings. The summed E-state index contributed by atoms with van der Waals surface area (Å²) < 4.78 is 74.0. The summed E-state index contributed by atoms with van der Waals surface area (Å²) in [4.78, 5) is 46.1. The fraction of sp³-hybridized carbons (Fsp3) is 0.357. The van der Waals surface area contributed by atoms with Crippen LogP contribution in [0.4, 0.5) is 37.7 Å². The molecule has 0 aliphatic rings. The lowest BCUT2D eigenvalue weighted by Crippen LogP contribution is -2.29. The van der Waals surface area contributed by atoms with Gasteiger partial charge in [0.25, 0.3) is 0 Å². The molecule has 44 heavy (non-hydrogen) atoms. The molecule has 0 spiro atoms. The Kier molecular flexibility index (Phi) is 13.0. The van der Waals surface area contributed by atoms with Crippen LogP contribution in [0.3, 0.4) is 0 Å². The maximum atomic E-state index is 12.3. The summed E-state index contributed by atoms with van der Waals surface area (Å²) in [6.07, 6.45) is -7.18. The summed E-state index contributed by atoms with van der Waals surface area (Å²) in [5.74, 6) is -4.84. The highest BCUT2D eigenvalue weighted by atomic mass is 19.4. The van der Waals surface area contributed by atoms with Crippen LogP contribution in [0.25, 0.3) is 0 Å². The molecular weight excluding hydrogens is 598 g/mol. The number of halogens is 6. The van der Waals surface area contributed by atoms with Gasteiger partial charge in [-0.25, -0.2) is 10.9 Å². The van der Waals surface area contributed by atoms with Gasteiger partial charge in [-0.1, -0.05) is 37.1 Å². The Bertz CT molecular complexity index is 1270. The first kappa shape index (κ1) is 35.4. The third-order valence-corrected chi connectivity index (χ3v) is 5.89. The van der Waals surface area contributed by atoms with E-state index in [0.717, 1.165) is 0 Å². The summed E-state index contributed by atoms with van der Waals surface area (Å²) in [7, 11) is 0. The number of alkyl halides is 6. The zero-order valence-corrected chi connectivity index (χ0v) is 23.7. The summed E-state index contributed by atoms with van der Waals surface area (Å²) in [6.45, 7) is 3.19. The SMILES string of the molecule is CC(=NNC(=O)CCCCCCC(=O)NN=C(C)c1ccc(NC(=O)C(F)(F)F)cc1)c1ccc(NC(=O)C(F)(F)F)cc1. The van der Waals surface area contributed by atoms with E-state index in [9.17, 15) is 45.5 Å². The Hall–Kier alpha value is -4.76. The van der Waals surface area contributed by atoms with Crippen molar-refractivity contribution in [2.45, 2.75) is 64.7 Å². The molecule has 0 aliphatic carbocycles. The minimum absolute atomic E-state index is 0.0411. The van der Waals surface area contributed by atoms with Crippen molar-refractivity contribution >= 4 is 46.4 Å². The molecule has 4 N–H and O–H groups in total. The maximum absolute atomic E-state index is 12.3. The van der Waals surface area contributed by atoms with Crippen LogP contribution in [0.1, 0.15) is 63.5 Å². The Morgan fingerprint density at radius 2 is 0.886 bits per heavy atom.